The molecule has 2 aromatic rings. The maximum absolute atomic E-state index is 14.2. The first-order valence-electron chi connectivity index (χ1n) is 9.27. The third-order valence-corrected chi connectivity index (χ3v) is 4.47. The lowest BCUT2D eigenvalue weighted by Gasteiger charge is -2.10. The van der Waals surface area contributed by atoms with Crippen LogP contribution < -0.4 is 0 Å². The summed E-state index contributed by atoms with van der Waals surface area (Å²) in [5.74, 6) is -5.79. The van der Waals surface area contributed by atoms with Gasteiger partial charge in [-0.3, -0.25) is 0 Å². The summed E-state index contributed by atoms with van der Waals surface area (Å²) < 4.78 is 84.0. The molecule has 0 fully saturated rings. The number of aryl methyl sites for hydroxylation is 1. The van der Waals surface area contributed by atoms with E-state index < -0.39 is 40.5 Å². The first kappa shape index (κ1) is 22.1. The zero-order valence-corrected chi connectivity index (χ0v) is 15.8. The summed E-state index contributed by atoms with van der Waals surface area (Å²) in [7, 11) is 0. The van der Waals surface area contributed by atoms with Crippen molar-refractivity contribution in [1.82, 2.24) is 0 Å². The molecule has 2 aromatic carbocycles. The van der Waals surface area contributed by atoms with Crippen LogP contribution in [0.25, 0.3) is 5.83 Å². The largest absolute Gasteiger partial charge is 0.209 e. The number of halogens is 6. The van der Waals surface area contributed by atoms with Crippen molar-refractivity contribution in [3.8, 4) is 0 Å². The van der Waals surface area contributed by atoms with E-state index in [1.54, 1.807) is 13.8 Å². The lowest BCUT2D eigenvalue weighted by atomic mass is 9.99. The van der Waals surface area contributed by atoms with Crippen molar-refractivity contribution in [3.05, 3.63) is 75.6 Å². The van der Waals surface area contributed by atoms with Crippen molar-refractivity contribution in [2.45, 2.75) is 52.4 Å². The zero-order valence-electron chi connectivity index (χ0n) is 15.8. The fourth-order valence-electron chi connectivity index (χ4n) is 3.01. The van der Waals surface area contributed by atoms with Crippen molar-refractivity contribution >= 4 is 5.83 Å². The van der Waals surface area contributed by atoms with E-state index in [-0.39, 0.29) is 42.4 Å². The Morgan fingerprint density at radius 1 is 0.679 bits per heavy atom. The second kappa shape index (κ2) is 9.80. The molecule has 0 heterocycles. The van der Waals surface area contributed by atoms with Crippen LogP contribution in [0.5, 0.6) is 0 Å². The lowest BCUT2D eigenvalue weighted by molar-refractivity contribution is 0.541. The highest BCUT2D eigenvalue weighted by atomic mass is 19.2. The number of allylic oxidation sites excluding steroid dienone is 1. The summed E-state index contributed by atoms with van der Waals surface area (Å²) in [5.41, 5.74) is -0.598. The van der Waals surface area contributed by atoms with Gasteiger partial charge in [0.25, 0.3) is 0 Å². The van der Waals surface area contributed by atoms with Gasteiger partial charge < -0.3 is 0 Å². The quantitative estimate of drug-likeness (QED) is 0.405. The SMILES string of the molecule is CCC/C(F)=C(\F)c1cc(F)c(CCc2cc(F)c(CCC)c(F)c2)c(F)c1. The third kappa shape index (κ3) is 5.18. The van der Waals surface area contributed by atoms with Crippen LogP contribution >= 0.6 is 0 Å². The summed E-state index contributed by atoms with van der Waals surface area (Å²) in [6.07, 6.45) is 0.854. The van der Waals surface area contributed by atoms with E-state index in [0.29, 0.717) is 12.8 Å². The van der Waals surface area contributed by atoms with Crippen molar-refractivity contribution < 1.29 is 26.3 Å². The van der Waals surface area contributed by atoms with Gasteiger partial charge in [0.15, 0.2) is 5.83 Å². The summed E-state index contributed by atoms with van der Waals surface area (Å²) in [5, 5.41) is 0. The number of hydrogen-bond acceptors (Lipinski definition) is 0. The molecule has 0 aromatic heterocycles. The van der Waals surface area contributed by atoms with Crippen molar-refractivity contribution in [2.75, 3.05) is 0 Å². The first-order chi connectivity index (χ1) is 13.3. The smallest absolute Gasteiger partial charge is 0.161 e. The van der Waals surface area contributed by atoms with Crippen molar-refractivity contribution in [1.29, 1.82) is 0 Å². The van der Waals surface area contributed by atoms with Crippen LogP contribution in [0.3, 0.4) is 0 Å². The molecule has 0 aliphatic rings. The highest BCUT2D eigenvalue weighted by Gasteiger charge is 2.17. The van der Waals surface area contributed by atoms with Gasteiger partial charge in [-0.25, -0.2) is 26.3 Å². The van der Waals surface area contributed by atoms with E-state index >= 15 is 0 Å². The van der Waals surface area contributed by atoms with Gasteiger partial charge in [-0.2, -0.15) is 0 Å². The van der Waals surface area contributed by atoms with Crippen LogP contribution in [0.4, 0.5) is 26.3 Å². The molecule has 0 spiro atoms. The van der Waals surface area contributed by atoms with Gasteiger partial charge in [0, 0.05) is 23.1 Å². The molecule has 6 heteroatoms. The van der Waals surface area contributed by atoms with Crippen LogP contribution in [0.2, 0.25) is 0 Å². The predicted molar refractivity (Wildman–Crippen MR) is 98.2 cm³/mol. The fraction of sp³-hybridized carbons (Fsp3) is 0.364. The molecule has 2 rings (SSSR count). The monoisotopic (exact) mass is 400 g/mol. The Kier molecular flexibility index (Phi) is 7.72. The Hall–Kier alpha value is -2.24. The molecule has 28 heavy (non-hydrogen) atoms. The minimum absolute atomic E-state index is 0.00402. The lowest BCUT2D eigenvalue weighted by Crippen LogP contribution is -2.03. The van der Waals surface area contributed by atoms with Gasteiger partial charge in [0.05, 0.1) is 0 Å². The van der Waals surface area contributed by atoms with Gasteiger partial charge >= 0.3 is 0 Å². The van der Waals surface area contributed by atoms with E-state index in [0.717, 1.165) is 24.3 Å². The maximum Gasteiger partial charge on any atom is 0.161 e. The minimum atomic E-state index is -1.29. The number of hydrogen-bond donors (Lipinski definition) is 0. The Morgan fingerprint density at radius 3 is 1.68 bits per heavy atom. The zero-order chi connectivity index (χ0) is 20.8. The molecule has 0 saturated carbocycles. The van der Waals surface area contributed by atoms with Gasteiger partial charge in [-0.15, -0.1) is 0 Å². The number of rotatable bonds is 8. The van der Waals surface area contributed by atoms with Crippen LogP contribution in [0.1, 0.15) is 55.4 Å². The summed E-state index contributed by atoms with van der Waals surface area (Å²) in [6, 6.07) is 3.77. The van der Waals surface area contributed by atoms with Crippen molar-refractivity contribution in [2.24, 2.45) is 0 Å². The Morgan fingerprint density at radius 2 is 1.18 bits per heavy atom. The van der Waals surface area contributed by atoms with Crippen LogP contribution in [0.15, 0.2) is 30.1 Å². The number of benzene rings is 2. The molecule has 0 aliphatic carbocycles. The van der Waals surface area contributed by atoms with E-state index in [1.807, 2.05) is 0 Å². The van der Waals surface area contributed by atoms with E-state index in [4.69, 9.17) is 0 Å². The van der Waals surface area contributed by atoms with E-state index in [9.17, 15) is 26.3 Å². The Balaban J connectivity index is 2.23. The topological polar surface area (TPSA) is 0 Å². The van der Waals surface area contributed by atoms with E-state index in [1.165, 1.54) is 0 Å². The Bertz CT molecular complexity index is 823. The highest BCUT2D eigenvalue weighted by Crippen LogP contribution is 2.28. The standard InChI is InChI=1S/C22H22F6/c1-3-5-15-18(24)9-13(10-19(15)25)7-8-16-20(26)11-14(12-21(16)27)22(28)17(23)6-4-2/h9-12H,3-8H2,1-2H3/b22-17+. The molecule has 0 N–H and O–H groups in total. The molecule has 0 bridgehead atoms. The third-order valence-electron chi connectivity index (χ3n) is 4.47. The molecule has 0 radical (unpaired) electrons. The van der Waals surface area contributed by atoms with Crippen LogP contribution in [-0.4, -0.2) is 0 Å². The van der Waals surface area contributed by atoms with Gasteiger partial charge in [-0.05, 0) is 55.5 Å². The molecule has 0 amide bonds. The normalized spacial score (nSPS) is 12.3. The van der Waals surface area contributed by atoms with E-state index in [2.05, 4.69) is 0 Å². The maximum atomic E-state index is 14.2. The predicted octanol–water partition coefficient (Wildman–Crippen LogP) is 7.39. The summed E-state index contributed by atoms with van der Waals surface area (Å²) in [4.78, 5) is 0. The molecule has 152 valence electrons. The summed E-state index contributed by atoms with van der Waals surface area (Å²) >= 11 is 0. The molecule has 0 unspecified atom stereocenters. The molecule has 0 nitrogen and oxygen atoms in total. The van der Waals surface area contributed by atoms with Crippen molar-refractivity contribution in [3.63, 3.8) is 0 Å². The molecular formula is C22H22F6. The van der Waals surface area contributed by atoms with Gasteiger partial charge in [0.1, 0.15) is 29.1 Å². The molecule has 0 atom stereocenters. The Labute approximate surface area is 160 Å². The molecule has 0 saturated heterocycles. The second-order valence-corrected chi connectivity index (χ2v) is 6.68. The average molecular weight is 400 g/mol. The molecule has 0 aliphatic heterocycles. The average Bonchev–Trinajstić information content (AvgIpc) is 2.63. The van der Waals surface area contributed by atoms with Gasteiger partial charge in [-0.1, -0.05) is 20.3 Å². The highest BCUT2D eigenvalue weighted by molar-refractivity contribution is 5.61. The van der Waals surface area contributed by atoms with Crippen LogP contribution in [-0.2, 0) is 19.3 Å². The summed E-state index contributed by atoms with van der Waals surface area (Å²) in [6.45, 7) is 3.45. The first-order valence-corrected chi connectivity index (χ1v) is 9.27. The fourth-order valence-corrected chi connectivity index (χ4v) is 3.01. The van der Waals surface area contributed by atoms with Crippen LogP contribution in [0, 0.1) is 23.3 Å². The molecular weight excluding hydrogens is 378 g/mol. The minimum Gasteiger partial charge on any atom is -0.209 e. The second-order valence-electron chi connectivity index (χ2n) is 6.68. The van der Waals surface area contributed by atoms with Gasteiger partial charge in [0.2, 0.25) is 0 Å².